The van der Waals surface area contributed by atoms with Gasteiger partial charge in [0.25, 0.3) is 0 Å². The number of nitrogens with zero attached hydrogens (tertiary/aromatic N) is 2. The molecule has 0 aliphatic heterocycles. The third-order valence-electron chi connectivity index (χ3n) is 2.21. The summed E-state index contributed by atoms with van der Waals surface area (Å²) in [6.07, 6.45) is 2.60. The fourth-order valence-corrected chi connectivity index (χ4v) is 3.10. The van der Waals surface area contributed by atoms with Crippen LogP contribution in [0.2, 0.25) is 5.15 Å². The summed E-state index contributed by atoms with van der Waals surface area (Å²) in [6.45, 7) is 1.82. The Morgan fingerprint density at radius 2 is 2.16 bits per heavy atom. The van der Waals surface area contributed by atoms with E-state index in [0.29, 0.717) is 10.7 Å². The average molecular weight is 319 g/mol. The highest BCUT2D eigenvalue weighted by atomic mass is 35.5. The van der Waals surface area contributed by atoms with E-state index in [0.717, 1.165) is 16.8 Å². The third kappa shape index (κ3) is 3.34. The molecule has 0 spiro atoms. The van der Waals surface area contributed by atoms with Crippen LogP contribution in [0.15, 0.2) is 12.3 Å². The number of halogens is 1. The summed E-state index contributed by atoms with van der Waals surface area (Å²) in [5.74, 6) is 0. The van der Waals surface area contributed by atoms with Gasteiger partial charge >= 0.3 is 0 Å². The Morgan fingerprint density at radius 3 is 2.68 bits per heavy atom. The van der Waals surface area contributed by atoms with E-state index in [4.69, 9.17) is 17.3 Å². The highest BCUT2D eigenvalue weighted by molar-refractivity contribution is 7.92. The molecule has 0 saturated heterocycles. The number of nitrogen functional groups attached to an aromatic ring is 1. The zero-order chi connectivity index (χ0) is 14.2. The van der Waals surface area contributed by atoms with Gasteiger partial charge in [0.05, 0.1) is 22.5 Å². The predicted molar refractivity (Wildman–Crippen MR) is 78.0 cm³/mol. The van der Waals surface area contributed by atoms with Crippen molar-refractivity contribution in [3.8, 4) is 10.4 Å². The summed E-state index contributed by atoms with van der Waals surface area (Å²) in [7, 11) is -3.41. The second kappa shape index (κ2) is 4.95. The second-order valence-electron chi connectivity index (χ2n) is 3.90. The van der Waals surface area contributed by atoms with Crippen molar-refractivity contribution in [1.82, 2.24) is 9.97 Å². The average Bonchev–Trinajstić information content (AvgIpc) is 2.59. The fraction of sp³-hybridized carbons (Fsp3) is 0.200. The molecule has 0 bridgehead atoms. The van der Waals surface area contributed by atoms with Crippen LogP contribution in [0.3, 0.4) is 0 Å². The van der Waals surface area contributed by atoms with E-state index < -0.39 is 10.0 Å². The number of aromatic nitrogens is 2. The number of nitrogens with two attached hydrogens (primary N) is 1. The lowest BCUT2D eigenvalue weighted by Crippen LogP contribution is -2.10. The van der Waals surface area contributed by atoms with Crippen LogP contribution in [0.1, 0.15) is 5.69 Å². The standard InChI is InChI=1S/C10H11ClN4O2S2/c1-5-8(18-10(12)14-5)6-3-7(9(11)13-4-6)15-19(2,16)17/h3-4,15H,1-2H3,(H2,12,14). The van der Waals surface area contributed by atoms with E-state index in [9.17, 15) is 8.42 Å². The first-order valence-corrected chi connectivity index (χ1v) is 8.21. The van der Waals surface area contributed by atoms with Crippen LogP contribution < -0.4 is 10.5 Å². The minimum atomic E-state index is -3.41. The first-order valence-electron chi connectivity index (χ1n) is 5.13. The zero-order valence-corrected chi connectivity index (χ0v) is 12.5. The molecule has 0 aromatic carbocycles. The molecular formula is C10H11ClN4O2S2. The number of rotatable bonds is 3. The predicted octanol–water partition coefficient (Wildman–Crippen LogP) is 2.12. The largest absolute Gasteiger partial charge is 0.375 e. The Kier molecular flexibility index (Phi) is 3.66. The van der Waals surface area contributed by atoms with Gasteiger partial charge in [-0.15, -0.1) is 0 Å². The summed E-state index contributed by atoms with van der Waals surface area (Å²) in [5, 5.41) is 0.532. The Morgan fingerprint density at radius 1 is 1.47 bits per heavy atom. The Hall–Kier alpha value is -1.38. The highest BCUT2D eigenvalue weighted by Gasteiger charge is 2.13. The van der Waals surface area contributed by atoms with Gasteiger partial charge in [0, 0.05) is 11.8 Å². The van der Waals surface area contributed by atoms with E-state index in [-0.39, 0.29) is 10.8 Å². The Balaban J connectivity index is 2.50. The molecule has 6 nitrogen and oxygen atoms in total. The Labute approximate surface area is 119 Å². The minimum absolute atomic E-state index is 0.0873. The van der Waals surface area contributed by atoms with Crippen LogP contribution in [0.5, 0.6) is 0 Å². The molecule has 9 heteroatoms. The topological polar surface area (TPSA) is 98.0 Å². The molecule has 0 radical (unpaired) electrons. The number of aryl methyl sites for hydroxylation is 1. The van der Waals surface area contributed by atoms with E-state index in [1.165, 1.54) is 11.3 Å². The summed E-state index contributed by atoms with van der Waals surface area (Å²) < 4.78 is 24.8. The van der Waals surface area contributed by atoms with Crippen LogP contribution in [0, 0.1) is 6.92 Å². The SMILES string of the molecule is Cc1nc(N)sc1-c1cnc(Cl)c(NS(C)(=O)=O)c1. The minimum Gasteiger partial charge on any atom is -0.375 e. The number of anilines is 2. The number of hydrogen-bond acceptors (Lipinski definition) is 6. The summed E-state index contributed by atoms with van der Waals surface area (Å²) in [5.41, 5.74) is 7.34. The van der Waals surface area contributed by atoms with Crippen molar-refractivity contribution >= 4 is 43.8 Å². The lowest BCUT2D eigenvalue weighted by atomic mass is 10.2. The van der Waals surface area contributed by atoms with Gasteiger partial charge in [-0.1, -0.05) is 22.9 Å². The lowest BCUT2D eigenvalue weighted by molar-refractivity contribution is 0.607. The van der Waals surface area contributed by atoms with Crippen molar-refractivity contribution in [3.63, 3.8) is 0 Å². The first kappa shape index (κ1) is 14.0. The molecule has 2 aromatic heterocycles. The molecule has 0 atom stereocenters. The van der Waals surface area contributed by atoms with Crippen molar-refractivity contribution in [2.45, 2.75) is 6.92 Å². The second-order valence-corrected chi connectivity index (χ2v) is 7.04. The van der Waals surface area contributed by atoms with Crippen LogP contribution in [-0.4, -0.2) is 24.6 Å². The van der Waals surface area contributed by atoms with Gasteiger partial charge in [0.2, 0.25) is 10.0 Å². The number of hydrogen-bond donors (Lipinski definition) is 2. The molecule has 3 N–H and O–H groups in total. The van der Waals surface area contributed by atoms with E-state index in [1.54, 1.807) is 12.3 Å². The summed E-state index contributed by atoms with van der Waals surface area (Å²) in [4.78, 5) is 8.91. The molecule has 0 saturated carbocycles. The third-order valence-corrected chi connectivity index (χ3v) is 4.14. The van der Waals surface area contributed by atoms with Gasteiger partial charge < -0.3 is 5.73 Å². The molecule has 0 unspecified atom stereocenters. The van der Waals surface area contributed by atoms with Crippen molar-refractivity contribution in [3.05, 3.63) is 23.1 Å². The van der Waals surface area contributed by atoms with Crippen LogP contribution in [0.4, 0.5) is 10.8 Å². The molecular weight excluding hydrogens is 308 g/mol. The molecule has 2 aromatic rings. The molecule has 0 aliphatic rings. The number of nitrogens with one attached hydrogen (secondary N) is 1. The number of thiazole rings is 1. The summed E-state index contributed by atoms with van der Waals surface area (Å²) >= 11 is 7.17. The van der Waals surface area contributed by atoms with Crippen molar-refractivity contribution in [1.29, 1.82) is 0 Å². The molecule has 0 aliphatic carbocycles. The van der Waals surface area contributed by atoms with Gasteiger partial charge in [0.15, 0.2) is 10.3 Å². The molecule has 2 heterocycles. The van der Waals surface area contributed by atoms with E-state index >= 15 is 0 Å². The van der Waals surface area contributed by atoms with E-state index in [2.05, 4.69) is 14.7 Å². The smallest absolute Gasteiger partial charge is 0.229 e. The van der Waals surface area contributed by atoms with E-state index in [1.807, 2.05) is 6.92 Å². The highest BCUT2D eigenvalue weighted by Crippen LogP contribution is 2.34. The van der Waals surface area contributed by atoms with Gasteiger partial charge in [-0.2, -0.15) is 0 Å². The van der Waals surface area contributed by atoms with Crippen molar-refractivity contribution in [2.75, 3.05) is 16.7 Å². The maximum Gasteiger partial charge on any atom is 0.229 e. The molecule has 0 fully saturated rings. The maximum absolute atomic E-state index is 11.2. The van der Waals surface area contributed by atoms with Crippen molar-refractivity contribution in [2.24, 2.45) is 0 Å². The molecule has 19 heavy (non-hydrogen) atoms. The number of sulfonamides is 1. The van der Waals surface area contributed by atoms with Gasteiger partial charge in [-0.05, 0) is 13.0 Å². The first-order chi connectivity index (χ1) is 8.76. The van der Waals surface area contributed by atoms with Crippen LogP contribution >= 0.6 is 22.9 Å². The number of pyridine rings is 1. The normalized spacial score (nSPS) is 11.5. The molecule has 2 rings (SSSR count). The quantitative estimate of drug-likeness (QED) is 0.845. The summed E-state index contributed by atoms with van der Waals surface area (Å²) in [6, 6.07) is 1.61. The monoisotopic (exact) mass is 318 g/mol. The lowest BCUT2D eigenvalue weighted by Gasteiger charge is -2.07. The zero-order valence-electron chi connectivity index (χ0n) is 10.1. The van der Waals surface area contributed by atoms with Gasteiger partial charge in [-0.25, -0.2) is 18.4 Å². The molecule has 102 valence electrons. The maximum atomic E-state index is 11.2. The van der Waals surface area contributed by atoms with Crippen molar-refractivity contribution < 1.29 is 8.42 Å². The fourth-order valence-electron chi connectivity index (χ4n) is 1.53. The van der Waals surface area contributed by atoms with Gasteiger partial charge in [0.1, 0.15) is 0 Å². The van der Waals surface area contributed by atoms with Gasteiger partial charge in [-0.3, -0.25) is 4.72 Å². The van der Waals surface area contributed by atoms with Crippen LogP contribution in [0.25, 0.3) is 10.4 Å². The van der Waals surface area contributed by atoms with Crippen LogP contribution in [-0.2, 0) is 10.0 Å². The Bertz CT molecular complexity index is 727. The molecule has 0 amide bonds.